The summed E-state index contributed by atoms with van der Waals surface area (Å²) in [5, 5.41) is 11.0. The van der Waals surface area contributed by atoms with Crippen molar-refractivity contribution < 1.29 is 9.90 Å². The van der Waals surface area contributed by atoms with Crippen molar-refractivity contribution in [3.8, 4) is 0 Å². The molecule has 3 heteroatoms. The Hall–Kier alpha value is -0.830. The first-order valence-electron chi connectivity index (χ1n) is 9.03. The fraction of sp³-hybridized carbons (Fsp3) is 0.842. The number of allylic oxidation sites excluding steroid dienone is 2. The average molecular weight is 303 g/mol. The molecular weight excluding hydrogens is 274 g/mol. The molecule has 122 valence electrons. The second-order valence-corrected chi connectivity index (χ2v) is 8.81. The highest BCUT2D eigenvalue weighted by Crippen LogP contribution is 2.64. The van der Waals surface area contributed by atoms with Crippen LogP contribution in [-0.4, -0.2) is 29.1 Å². The molecule has 3 nitrogen and oxygen atoms in total. The summed E-state index contributed by atoms with van der Waals surface area (Å²) in [4.78, 5) is 14.0. The van der Waals surface area contributed by atoms with Gasteiger partial charge in [-0.15, -0.1) is 0 Å². The van der Waals surface area contributed by atoms with Crippen LogP contribution < -0.4 is 0 Å². The molecule has 0 aromatic heterocycles. The molecule has 0 amide bonds. The van der Waals surface area contributed by atoms with Gasteiger partial charge in [-0.25, -0.2) is 0 Å². The van der Waals surface area contributed by atoms with Crippen LogP contribution in [0.25, 0.3) is 0 Å². The van der Waals surface area contributed by atoms with Crippen LogP contribution in [0.2, 0.25) is 0 Å². The van der Waals surface area contributed by atoms with E-state index in [-0.39, 0.29) is 11.2 Å². The number of nitrogens with zero attached hydrogens (tertiary/aromatic N) is 1. The average Bonchev–Trinajstić information content (AvgIpc) is 2.88. The highest BCUT2D eigenvalue weighted by molar-refractivity contribution is 5.91. The van der Waals surface area contributed by atoms with E-state index in [1.807, 2.05) is 18.0 Å². The fourth-order valence-corrected chi connectivity index (χ4v) is 6.53. The van der Waals surface area contributed by atoms with E-state index >= 15 is 0 Å². The molecule has 22 heavy (non-hydrogen) atoms. The Bertz CT molecular complexity index is 542. The van der Waals surface area contributed by atoms with E-state index in [1.54, 1.807) is 0 Å². The van der Waals surface area contributed by atoms with E-state index in [4.69, 9.17) is 0 Å². The first kappa shape index (κ1) is 14.7. The fourth-order valence-electron chi connectivity index (χ4n) is 6.53. The predicted molar refractivity (Wildman–Crippen MR) is 85.9 cm³/mol. The maximum atomic E-state index is 11.9. The lowest BCUT2D eigenvalue weighted by atomic mass is 9.50. The summed E-state index contributed by atoms with van der Waals surface area (Å²) in [5.74, 6) is 1.79. The van der Waals surface area contributed by atoms with Crippen LogP contribution >= 0.6 is 0 Å². The molecule has 4 rings (SSSR count). The van der Waals surface area contributed by atoms with Crippen molar-refractivity contribution in [1.82, 2.24) is 4.90 Å². The molecule has 0 radical (unpaired) electrons. The van der Waals surface area contributed by atoms with Crippen molar-refractivity contribution in [3.05, 3.63) is 11.8 Å². The van der Waals surface area contributed by atoms with Crippen LogP contribution in [0.5, 0.6) is 0 Å². The summed E-state index contributed by atoms with van der Waals surface area (Å²) in [5.41, 5.74) is 1.61. The number of ketones is 1. The molecule has 1 saturated heterocycles. The molecule has 4 aliphatic rings. The summed E-state index contributed by atoms with van der Waals surface area (Å²) >= 11 is 0. The number of aliphatic hydroxyl groups excluding tert-OH is 1. The number of carbonyl (C=O) groups excluding carboxylic acids is 1. The van der Waals surface area contributed by atoms with Gasteiger partial charge < -0.3 is 10.0 Å². The van der Waals surface area contributed by atoms with E-state index in [0.717, 1.165) is 12.1 Å². The van der Waals surface area contributed by atoms with Crippen LogP contribution in [0.1, 0.15) is 58.8 Å². The number of piperidine rings is 1. The molecule has 1 heterocycles. The van der Waals surface area contributed by atoms with Crippen molar-refractivity contribution in [2.45, 2.75) is 65.0 Å². The molecule has 0 aromatic carbocycles. The van der Waals surface area contributed by atoms with Crippen molar-refractivity contribution >= 4 is 5.78 Å². The van der Waals surface area contributed by atoms with Crippen LogP contribution in [0.4, 0.5) is 0 Å². The Labute approximate surface area is 133 Å². The summed E-state index contributed by atoms with van der Waals surface area (Å²) in [6, 6.07) is 0. The van der Waals surface area contributed by atoms with Gasteiger partial charge in [0, 0.05) is 36.6 Å². The number of rotatable bonds is 0. The van der Waals surface area contributed by atoms with Gasteiger partial charge in [0.05, 0.1) is 0 Å². The van der Waals surface area contributed by atoms with E-state index in [1.165, 1.54) is 32.1 Å². The number of aliphatic hydroxyl groups is 1. The van der Waals surface area contributed by atoms with Crippen LogP contribution in [0.15, 0.2) is 11.8 Å². The van der Waals surface area contributed by atoms with Gasteiger partial charge in [-0.2, -0.15) is 0 Å². The maximum absolute atomic E-state index is 11.9. The monoisotopic (exact) mass is 303 g/mol. The lowest BCUT2D eigenvalue weighted by Gasteiger charge is -2.61. The molecule has 3 aliphatic carbocycles. The van der Waals surface area contributed by atoms with Crippen LogP contribution in [0.3, 0.4) is 0 Å². The third-order valence-corrected chi connectivity index (χ3v) is 7.83. The molecule has 3 fully saturated rings. The Morgan fingerprint density at radius 2 is 1.95 bits per heavy atom. The molecule has 1 aliphatic heterocycles. The Morgan fingerprint density at radius 1 is 1.18 bits per heavy atom. The van der Waals surface area contributed by atoms with Gasteiger partial charge in [-0.3, -0.25) is 4.79 Å². The molecule has 1 N–H and O–H groups in total. The number of likely N-dealkylation sites (tertiary alicyclic amines) is 1. The van der Waals surface area contributed by atoms with Crippen molar-refractivity contribution in [1.29, 1.82) is 0 Å². The molecule has 6 atom stereocenters. The summed E-state index contributed by atoms with van der Waals surface area (Å²) in [7, 11) is 1.99. The Morgan fingerprint density at radius 3 is 2.73 bits per heavy atom. The van der Waals surface area contributed by atoms with E-state index in [2.05, 4.69) is 13.8 Å². The normalized spacial score (nSPS) is 51.0. The standard InChI is InChI=1S/C19H29NO2/c1-18-8-4-5-13(18)16-14(7-9-18)19(2)10-6-12(21)11-15(19)20(3)17(16)22/h11,13-14,16-17,22H,4-10H2,1-3H3/t13-,14+,16-,17?,18-,19+/m0/s1. The number of hydrogen-bond acceptors (Lipinski definition) is 3. The second kappa shape index (κ2) is 4.59. The highest BCUT2D eigenvalue weighted by atomic mass is 16.3. The van der Waals surface area contributed by atoms with Gasteiger partial charge in [-0.1, -0.05) is 20.3 Å². The molecule has 0 aromatic rings. The molecule has 0 spiro atoms. The topological polar surface area (TPSA) is 40.5 Å². The lowest BCUT2D eigenvalue weighted by Crippen LogP contribution is -2.60. The van der Waals surface area contributed by atoms with Gasteiger partial charge in [0.2, 0.25) is 0 Å². The third kappa shape index (κ3) is 1.75. The maximum Gasteiger partial charge on any atom is 0.157 e. The SMILES string of the molecule is CN1C2=CC(=O)CC[C@]2(C)[C@@H]2CC[C@]3(C)CCC[C@H]3[C@@H]2C1O. The zero-order valence-electron chi connectivity index (χ0n) is 14.1. The zero-order valence-corrected chi connectivity index (χ0v) is 14.1. The minimum atomic E-state index is -0.419. The lowest BCUT2D eigenvalue weighted by molar-refractivity contribution is -0.162. The quantitative estimate of drug-likeness (QED) is 0.746. The molecule has 0 bridgehead atoms. The van der Waals surface area contributed by atoms with Gasteiger partial charge in [0.25, 0.3) is 0 Å². The predicted octanol–water partition coefficient (Wildman–Crippen LogP) is 3.34. The van der Waals surface area contributed by atoms with E-state index in [9.17, 15) is 9.90 Å². The summed E-state index contributed by atoms with van der Waals surface area (Å²) in [6.45, 7) is 4.80. The van der Waals surface area contributed by atoms with Crippen molar-refractivity contribution in [2.75, 3.05) is 7.05 Å². The summed E-state index contributed by atoms with van der Waals surface area (Å²) in [6.07, 6.45) is 9.47. The molecular formula is C19H29NO2. The largest absolute Gasteiger partial charge is 0.373 e. The third-order valence-electron chi connectivity index (χ3n) is 7.83. The van der Waals surface area contributed by atoms with E-state index in [0.29, 0.717) is 29.6 Å². The molecule has 2 saturated carbocycles. The number of carbonyl (C=O) groups is 1. The minimum absolute atomic E-state index is 0.0798. The van der Waals surface area contributed by atoms with Crippen molar-refractivity contribution in [2.24, 2.45) is 28.6 Å². The van der Waals surface area contributed by atoms with Gasteiger partial charge in [0.1, 0.15) is 6.23 Å². The summed E-state index contributed by atoms with van der Waals surface area (Å²) < 4.78 is 0. The first-order valence-corrected chi connectivity index (χ1v) is 9.03. The number of fused-ring (bicyclic) bond motifs is 5. The van der Waals surface area contributed by atoms with Crippen LogP contribution in [-0.2, 0) is 4.79 Å². The minimum Gasteiger partial charge on any atom is -0.373 e. The second-order valence-electron chi connectivity index (χ2n) is 8.81. The van der Waals surface area contributed by atoms with Crippen molar-refractivity contribution in [3.63, 3.8) is 0 Å². The first-order chi connectivity index (χ1) is 10.4. The number of hydrogen-bond donors (Lipinski definition) is 1. The van der Waals surface area contributed by atoms with Gasteiger partial charge >= 0.3 is 0 Å². The van der Waals surface area contributed by atoms with Gasteiger partial charge in [-0.05, 0) is 49.4 Å². The Kier molecular flexibility index (Phi) is 3.08. The van der Waals surface area contributed by atoms with Gasteiger partial charge in [0.15, 0.2) is 5.78 Å². The molecule has 1 unspecified atom stereocenters. The van der Waals surface area contributed by atoms with E-state index < -0.39 is 6.23 Å². The van der Waals surface area contributed by atoms with Crippen LogP contribution in [0, 0.1) is 28.6 Å². The smallest absolute Gasteiger partial charge is 0.157 e. The highest BCUT2D eigenvalue weighted by Gasteiger charge is 2.60. The Balaban J connectivity index is 1.78. The zero-order chi connectivity index (χ0) is 15.7.